The molecule has 0 spiro atoms. The van der Waals surface area contributed by atoms with Gasteiger partial charge < -0.3 is 15.0 Å². The Balaban J connectivity index is 2.25. The Kier molecular flexibility index (Phi) is 5.42. The number of methoxy groups -OCH3 is 1. The summed E-state index contributed by atoms with van der Waals surface area (Å²) in [7, 11) is 1.64. The van der Waals surface area contributed by atoms with Crippen LogP contribution in [0.2, 0.25) is 0 Å². The molecule has 2 rings (SSSR count). The van der Waals surface area contributed by atoms with E-state index in [9.17, 15) is 4.79 Å². The second kappa shape index (κ2) is 7.50. The maximum absolute atomic E-state index is 12.6. The molecule has 0 bridgehead atoms. The summed E-state index contributed by atoms with van der Waals surface area (Å²) < 4.78 is 5.15. The van der Waals surface area contributed by atoms with Crippen LogP contribution in [-0.2, 0) is 0 Å². The van der Waals surface area contributed by atoms with Crippen molar-refractivity contribution in [2.24, 2.45) is 0 Å². The third kappa shape index (κ3) is 3.58. The number of para-hydroxylation sites is 1. The average Bonchev–Trinajstić information content (AvgIpc) is 2.57. The quantitative estimate of drug-likeness (QED) is 0.879. The summed E-state index contributed by atoms with van der Waals surface area (Å²) in [5.41, 5.74) is 2.41. The Morgan fingerprint density at radius 2 is 1.68 bits per heavy atom. The summed E-state index contributed by atoms with van der Waals surface area (Å²) in [4.78, 5) is 14.4. The van der Waals surface area contributed by atoms with Crippen LogP contribution in [-0.4, -0.2) is 31.0 Å². The van der Waals surface area contributed by atoms with Gasteiger partial charge in [-0.2, -0.15) is 0 Å². The van der Waals surface area contributed by atoms with E-state index in [0.717, 1.165) is 17.1 Å². The maximum Gasteiger partial charge on any atom is 0.255 e. The van der Waals surface area contributed by atoms with Gasteiger partial charge in [0, 0.05) is 18.8 Å². The second-order valence-corrected chi connectivity index (χ2v) is 4.88. The van der Waals surface area contributed by atoms with Crippen molar-refractivity contribution >= 4 is 17.3 Å². The van der Waals surface area contributed by atoms with Crippen molar-refractivity contribution in [3.63, 3.8) is 0 Å². The molecule has 116 valence electrons. The van der Waals surface area contributed by atoms with Crippen LogP contribution in [0.5, 0.6) is 5.75 Å². The molecule has 0 aliphatic carbocycles. The summed E-state index contributed by atoms with van der Waals surface area (Å²) in [6.45, 7) is 5.38. The minimum absolute atomic E-state index is 0.0432. The van der Waals surface area contributed by atoms with Gasteiger partial charge in [0.2, 0.25) is 0 Å². The number of carbonyl (C=O) groups is 1. The van der Waals surface area contributed by atoms with Crippen LogP contribution in [0.25, 0.3) is 0 Å². The highest BCUT2D eigenvalue weighted by atomic mass is 16.5. The fourth-order valence-corrected chi connectivity index (χ4v) is 2.29. The number of amides is 1. The second-order valence-electron chi connectivity index (χ2n) is 4.88. The van der Waals surface area contributed by atoms with E-state index in [2.05, 4.69) is 5.32 Å². The lowest BCUT2D eigenvalue weighted by Crippen LogP contribution is -2.30. The Morgan fingerprint density at radius 3 is 2.27 bits per heavy atom. The van der Waals surface area contributed by atoms with Crippen LogP contribution in [0.15, 0.2) is 48.5 Å². The minimum atomic E-state index is 0.0432. The lowest BCUT2D eigenvalue weighted by atomic mass is 10.1. The first-order chi connectivity index (χ1) is 10.7. The van der Waals surface area contributed by atoms with E-state index < -0.39 is 0 Å². The molecule has 0 saturated carbocycles. The largest absolute Gasteiger partial charge is 0.497 e. The molecule has 0 heterocycles. The molecule has 4 heteroatoms. The molecule has 4 nitrogen and oxygen atoms in total. The fourth-order valence-electron chi connectivity index (χ4n) is 2.29. The van der Waals surface area contributed by atoms with Crippen molar-refractivity contribution in [1.82, 2.24) is 4.90 Å². The molecule has 2 aromatic carbocycles. The van der Waals surface area contributed by atoms with Crippen LogP contribution >= 0.6 is 0 Å². The van der Waals surface area contributed by atoms with Crippen molar-refractivity contribution in [2.45, 2.75) is 13.8 Å². The Bertz CT molecular complexity index is 619. The molecular formula is C18H22N2O2. The lowest BCUT2D eigenvalue weighted by molar-refractivity contribution is 0.0774. The summed E-state index contributed by atoms with van der Waals surface area (Å²) in [6, 6.07) is 15.2. The topological polar surface area (TPSA) is 41.6 Å². The van der Waals surface area contributed by atoms with E-state index in [1.54, 1.807) is 7.11 Å². The summed E-state index contributed by atoms with van der Waals surface area (Å²) >= 11 is 0. The van der Waals surface area contributed by atoms with E-state index in [1.165, 1.54) is 0 Å². The number of nitrogens with one attached hydrogen (secondary N) is 1. The van der Waals surface area contributed by atoms with E-state index in [4.69, 9.17) is 4.74 Å². The van der Waals surface area contributed by atoms with Crippen LogP contribution in [0.4, 0.5) is 11.4 Å². The first kappa shape index (κ1) is 15.9. The van der Waals surface area contributed by atoms with Gasteiger partial charge in [-0.1, -0.05) is 12.1 Å². The van der Waals surface area contributed by atoms with Gasteiger partial charge in [-0.3, -0.25) is 4.79 Å². The zero-order valence-electron chi connectivity index (χ0n) is 13.3. The molecule has 0 aliphatic rings. The van der Waals surface area contributed by atoms with Crippen LogP contribution in [0.1, 0.15) is 24.2 Å². The summed E-state index contributed by atoms with van der Waals surface area (Å²) in [5, 5.41) is 3.30. The molecule has 2 aromatic rings. The van der Waals surface area contributed by atoms with Gasteiger partial charge in [0.25, 0.3) is 5.91 Å². The monoisotopic (exact) mass is 298 g/mol. The predicted molar refractivity (Wildman–Crippen MR) is 90.0 cm³/mol. The third-order valence-electron chi connectivity index (χ3n) is 3.58. The van der Waals surface area contributed by atoms with Gasteiger partial charge >= 0.3 is 0 Å². The number of ether oxygens (including phenoxy) is 1. The molecule has 1 N–H and O–H groups in total. The number of rotatable bonds is 6. The number of anilines is 2. The summed E-state index contributed by atoms with van der Waals surface area (Å²) in [5.74, 6) is 0.847. The molecule has 0 radical (unpaired) electrons. The van der Waals surface area contributed by atoms with Crippen molar-refractivity contribution in [3.05, 3.63) is 54.1 Å². The standard InChI is InChI=1S/C18H22N2O2/c1-4-20(5-2)18(21)16-8-6-7-9-17(16)19-14-10-12-15(22-3)13-11-14/h6-13,19H,4-5H2,1-3H3. The smallest absolute Gasteiger partial charge is 0.255 e. The van der Waals surface area contributed by atoms with Crippen LogP contribution in [0, 0.1) is 0 Å². The molecule has 0 aromatic heterocycles. The van der Waals surface area contributed by atoms with Crippen molar-refractivity contribution in [2.75, 3.05) is 25.5 Å². The van der Waals surface area contributed by atoms with Gasteiger partial charge in [-0.05, 0) is 50.2 Å². The van der Waals surface area contributed by atoms with E-state index in [0.29, 0.717) is 18.7 Å². The van der Waals surface area contributed by atoms with Gasteiger partial charge in [-0.25, -0.2) is 0 Å². The average molecular weight is 298 g/mol. The highest BCUT2D eigenvalue weighted by molar-refractivity contribution is 6.00. The highest BCUT2D eigenvalue weighted by Crippen LogP contribution is 2.23. The van der Waals surface area contributed by atoms with Gasteiger partial charge in [0.15, 0.2) is 0 Å². The zero-order valence-corrected chi connectivity index (χ0v) is 13.3. The van der Waals surface area contributed by atoms with Gasteiger partial charge in [0.1, 0.15) is 5.75 Å². The normalized spacial score (nSPS) is 10.1. The van der Waals surface area contributed by atoms with Crippen molar-refractivity contribution in [1.29, 1.82) is 0 Å². The number of benzene rings is 2. The van der Waals surface area contributed by atoms with Crippen LogP contribution < -0.4 is 10.1 Å². The number of nitrogens with zero attached hydrogens (tertiary/aromatic N) is 1. The molecule has 0 saturated heterocycles. The third-order valence-corrected chi connectivity index (χ3v) is 3.58. The lowest BCUT2D eigenvalue weighted by Gasteiger charge is -2.20. The fraction of sp³-hybridized carbons (Fsp3) is 0.278. The van der Waals surface area contributed by atoms with Crippen LogP contribution in [0.3, 0.4) is 0 Å². The van der Waals surface area contributed by atoms with E-state index in [-0.39, 0.29) is 5.91 Å². The first-order valence-electron chi connectivity index (χ1n) is 7.49. The number of hydrogen-bond acceptors (Lipinski definition) is 3. The Morgan fingerprint density at radius 1 is 1.05 bits per heavy atom. The van der Waals surface area contributed by atoms with Gasteiger partial charge in [-0.15, -0.1) is 0 Å². The summed E-state index contributed by atoms with van der Waals surface area (Å²) in [6.07, 6.45) is 0. The molecule has 0 unspecified atom stereocenters. The zero-order chi connectivity index (χ0) is 15.9. The molecule has 1 amide bonds. The molecule has 0 aliphatic heterocycles. The molecular weight excluding hydrogens is 276 g/mol. The first-order valence-corrected chi connectivity index (χ1v) is 7.49. The molecule has 22 heavy (non-hydrogen) atoms. The molecule has 0 fully saturated rings. The Hall–Kier alpha value is -2.49. The van der Waals surface area contributed by atoms with E-state index >= 15 is 0 Å². The Labute approximate surface area is 131 Å². The van der Waals surface area contributed by atoms with Crippen molar-refractivity contribution < 1.29 is 9.53 Å². The SMILES string of the molecule is CCN(CC)C(=O)c1ccccc1Nc1ccc(OC)cc1. The number of hydrogen-bond donors (Lipinski definition) is 1. The number of carbonyl (C=O) groups excluding carboxylic acids is 1. The maximum atomic E-state index is 12.6. The predicted octanol–water partition coefficient (Wildman–Crippen LogP) is 3.92. The molecule has 0 atom stereocenters. The minimum Gasteiger partial charge on any atom is -0.497 e. The van der Waals surface area contributed by atoms with Crippen molar-refractivity contribution in [3.8, 4) is 5.75 Å². The highest BCUT2D eigenvalue weighted by Gasteiger charge is 2.16. The van der Waals surface area contributed by atoms with Gasteiger partial charge in [0.05, 0.1) is 18.4 Å². The van der Waals surface area contributed by atoms with E-state index in [1.807, 2.05) is 67.3 Å².